The summed E-state index contributed by atoms with van der Waals surface area (Å²) in [6, 6.07) is 6.68. The Labute approximate surface area is 112 Å². The lowest BCUT2D eigenvalue weighted by Gasteiger charge is -2.17. The number of hydrogen-bond donors (Lipinski definition) is 1. The molecule has 0 saturated carbocycles. The Bertz CT molecular complexity index is 420. The highest BCUT2D eigenvalue weighted by Gasteiger charge is 2.10. The van der Waals surface area contributed by atoms with Gasteiger partial charge in [0.05, 0.1) is 0 Å². The quantitative estimate of drug-likeness (QED) is 0.848. The third-order valence-corrected chi connectivity index (χ3v) is 4.58. The van der Waals surface area contributed by atoms with Crippen LogP contribution in [0, 0.1) is 0 Å². The first-order valence-corrected chi connectivity index (χ1v) is 7.29. The van der Waals surface area contributed by atoms with E-state index in [-0.39, 0.29) is 5.24 Å². The monoisotopic (exact) mass is 267 g/mol. The van der Waals surface area contributed by atoms with E-state index in [4.69, 9.17) is 0 Å². The Morgan fingerprint density at radius 2 is 2.35 bits per heavy atom. The molecule has 0 fully saturated rings. The molecule has 1 aromatic rings. The SMILES string of the molecule is CN(CCc1ccc2c(c1)CCCS2)C(=O)S. The second-order valence-electron chi connectivity index (χ2n) is 4.35. The molecular formula is C13H17NOS2. The van der Waals surface area contributed by atoms with Gasteiger partial charge in [0, 0.05) is 18.5 Å². The van der Waals surface area contributed by atoms with Gasteiger partial charge in [-0.2, -0.15) is 0 Å². The molecule has 0 N–H and O–H groups in total. The molecule has 1 aliphatic heterocycles. The number of thiol groups is 1. The van der Waals surface area contributed by atoms with E-state index in [0.717, 1.165) is 13.0 Å². The summed E-state index contributed by atoms with van der Waals surface area (Å²) in [5.74, 6) is 1.24. The van der Waals surface area contributed by atoms with E-state index >= 15 is 0 Å². The fourth-order valence-electron chi connectivity index (χ4n) is 1.96. The minimum Gasteiger partial charge on any atom is -0.337 e. The predicted octanol–water partition coefficient (Wildman–Crippen LogP) is 3.25. The van der Waals surface area contributed by atoms with Crippen LogP contribution in [0.15, 0.2) is 23.1 Å². The van der Waals surface area contributed by atoms with Crippen molar-refractivity contribution >= 4 is 29.6 Å². The van der Waals surface area contributed by atoms with E-state index in [1.165, 1.54) is 34.6 Å². The fraction of sp³-hybridized carbons (Fsp3) is 0.462. The summed E-state index contributed by atoms with van der Waals surface area (Å²) >= 11 is 5.75. The van der Waals surface area contributed by atoms with Gasteiger partial charge in [-0.15, -0.1) is 11.8 Å². The van der Waals surface area contributed by atoms with Gasteiger partial charge in [-0.05, 0) is 42.2 Å². The fourth-order valence-corrected chi connectivity index (χ4v) is 3.08. The molecule has 17 heavy (non-hydrogen) atoms. The van der Waals surface area contributed by atoms with Crippen molar-refractivity contribution in [1.29, 1.82) is 0 Å². The van der Waals surface area contributed by atoms with Gasteiger partial charge >= 0.3 is 0 Å². The molecular weight excluding hydrogens is 250 g/mol. The summed E-state index contributed by atoms with van der Waals surface area (Å²) < 4.78 is 0. The molecule has 0 atom stereocenters. The van der Waals surface area contributed by atoms with Crippen LogP contribution in [0.4, 0.5) is 4.79 Å². The molecule has 4 heteroatoms. The normalized spacial score (nSPS) is 14.2. The Kier molecular flexibility index (Phi) is 4.40. The average Bonchev–Trinajstić information content (AvgIpc) is 2.35. The molecule has 0 saturated heterocycles. The minimum absolute atomic E-state index is 0.168. The Balaban J connectivity index is 2.00. The van der Waals surface area contributed by atoms with Gasteiger partial charge in [0.1, 0.15) is 0 Å². The standard InChI is InChI=1S/C13H17NOS2/c1-14(13(15)16)7-6-10-4-5-12-11(9-10)3-2-8-17-12/h4-5,9H,2-3,6-8H2,1H3,(H,15,16). The second-order valence-corrected chi connectivity index (χ2v) is 5.87. The van der Waals surface area contributed by atoms with Crippen molar-refractivity contribution in [3.63, 3.8) is 0 Å². The molecule has 2 rings (SSSR count). The van der Waals surface area contributed by atoms with Gasteiger partial charge in [0.15, 0.2) is 0 Å². The van der Waals surface area contributed by atoms with Crippen LogP contribution in [0.3, 0.4) is 0 Å². The van der Waals surface area contributed by atoms with Crippen LogP contribution in [0.1, 0.15) is 17.5 Å². The molecule has 1 heterocycles. The number of rotatable bonds is 3. The van der Waals surface area contributed by atoms with Crippen molar-refractivity contribution in [1.82, 2.24) is 4.90 Å². The number of benzene rings is 1. The van der Waals surface area contributed by atoms with Crippen LogP contribution < -0.4 is 0 Å². The maximum atomic E-state index is 11.0. The molecule has 0 radical (unpaired) electrons. The molecule has 2 nitrogen and oxygen atoms in total. The maximum Gasteiger partial charge on any atom is 0.278 e. The average molecular weight is 267 g/mol. The zero-order valence-corrected chi connectivity index (χ0v) is 11.7. The van der Waals surface area contributed by atoms with Gasteiger partial charge in [-0.25, -0.2) is 0 Å². The number of nitrogens with zero attached hydrogens (tertiary/aromatic N) is 1. The minimum atomic E-state index is -0.168. The van der Waals surface area contributed by atoms with Crippen LogP contribution in [0.25, 0.3) is 0 Å². The van der Waals surface area contributed by atoms with Crippen LogP contribution in [0.5, 0.6) is 0 Å². The van der Waals surface area contributed by atoms with Gasteiger partial charge in [0.2, 0.25) is 0 Å². The first-order chi connectivity index (χ1) is 8.16. The van der Waals surface area contributed by atoms with Crippen molar-refractivity contribution in [2.24, 2.45) is 0 Å². The molecule has 0 spiro atoms. The van der Waals surface area contributed by atoms with Crippen LogP contribution in [0.2, 0.25) is 0 Å². The summed E-state index contributed by atoms with van der Waals surface area (Å²) in [5.41, 5.74) is 2.78. The second kappa shape index (κ2) is 5.83. The first kappa shape index (κ1) is 12.8. The number of aryl methyl sites for hydroxylation is 1. The number of thioether (sulfide) groups is 1. The third-order valence-electron chi connectivity index (χ3n) is 3.04. The zero-order chi connectivity index (χ0) is 12.3. The topological polar surface area (TPSA) is 20.3 Å². The summed E-state index contributed by atoms with van der Waals surface area (Å²) in [6.07, 6.45) is 3.37. The highest BCUT2D eigenvalue weighted by Crippen LogP contribution is 2.30. The predicted molar refractivity (Wildman–Crippen MR) is 76.2 cm³/mol. The van der Waals surface area contributed by atoms with E-state index in [2.05, 4.69) is 30.8 Å². The van der Waals surface area contributed by atoms with Gasteiger partial charge in [0.25, 0.3) is 5.24 Å². The van der Waals surface area contributed by atoms with E-state index in [1.54, 1.807) is 11.9 Å². The van der Waals surface area contributed by atoms with E-state index < -0.39 is 0 Å². The van der Waals surface area contributed by atoms with E-state index in [9.17, 15) is 4.79 Å². The van der Waals surface area contributed by atoms with Gasteiger partial charge in [-0.3, -0.25) is 4.79 Å². The number of amides is 1. The van der Waals surface area contributed by atoms with Gasteiger partial charge in [-0.1, -0.05) is 24.8 Å². The number of carbonyl (C=O) groups excluding carboxylic acids is 1. The van der Waals surface area contributed by atoms with Gasteiger partial charge < -0.3 is 4.90 Å². The van der Waals surface area contributed by atoms with Crippen molar-refractivity contribution in [3.05, 3.63) is 29.3 Å². The summed E-state index contributed by atoms with van der Waals surface area (Å²) in [6.45, 7) is 0.730. The third kappa shape index (κ3) is 3.42. The first-order valence-electron chi connectivity index (χ1n) is 5.85. The number of likely N-dealkylation sites (N-methyl/N-ethyl adjacent to an activating group) is 1. The molecule has 0 aliphatic carbocycles. The summed E-state index contributed by atoms with van der Waals surface area (Å²) in [4.78, 5) is 14.0. The van der Waals surface area contributed by atoms with Crippen molar-refractivity contribution in [2.75, 3.05) is 19.3 Å². The van der Waals surface area contributed by atoms with E-state index in [1.807, 2.05) is 11.8 Å². The van der Waals surface area contributed by atoms with Crippen LogP contribution in [-0.2, 0) is 12.8 Å². The smallest absolute Gasteiger partial charge is 0.278 e. The number of carbonyl (C=O) groups is 1. The van der Waals surface area contributed by atoms with Crippen LogP contribution >= 0.6 is 24.4 Å². The number of hydrogen-bond acceptors (Lipinski definition) is 2. The highest BCUT2D eigenvalue weighted by molar-refractivity contribution is 7.99. The highest BCUT2D eigenvalue weighted by atomic mass is 32.2. The zero-order valence-electron chi connectivity index (χ0n) is 9.98. The molecule has 1 aromatic carbocycles. The molecule has 1 aliphatic rings. The molecule has 0 bridgehead atoms. The van der Waals surface area contributed by atoms with Crippen molar-refractivity contribution in [2.45, 2.75) is 24.2 Å². The Hall–Kier alpha value is -0.610. The van der Waals surface area contributed by atoms with Crippen molar-refractivity contribution < 1.29 is 4.79 Å². The lowest BCUT2D eigenvalue weighted by molar-refractivity contribution is 0.234. The Morgan fingerprint density at radius 1 is 1.53 bits per heavy atom. The molecule has 0 unspecified atom stereocenters. The number of fused-ring (bicyclic) bond motifs is 1. The van der Waals surface area contributed by atoms with E-state index in [0.29, 0.717) is 0 Å². The molecule has 92 valence electrons. The summed E-state index contributed by atoms with van der Waals surface area (Å²) in [7, 11) is 1.78. The molecule has 1 amide bonds. The summed E-state index contributed by atoms with van der Waals surface area (Å²) in [5, 5.41) is -0.168. The lowest BCUT2D eigenvalue weighted by Crippen LogP contribution is -2.23. The van der Waals surface area contributed by atoms with Crippen molar-refractivity contribution in [3.8, 4) is 0 Å². The largest absolute Gasteiger partial charge is 0.337 e. The Morgan fingerprint density at radius 3 is 3.12 bits per heavy atom. The molecule has 0 aromatic heterocycles. The lowest BCUT2D eigenvalue weighted by atomic mass is 10.0. The maximum absolute atomic E-state index is 11.0. The van der Waals surface area contributed by atoms with Crippen LogP contribution in [-0.4, -0.2) is 29.5 Å².